The molecule has 0 bridgehead atoms. The minimum absolute atomic E-state index is 0.223. The molecular formula is C22H43N5O2. The van der Waals surface area contributed by atoms with Gasteiger partial charge in [-0.3, -0.25) is 14.7 Å². The lowest BCUT2D eigenvalue weighted by molar-refractivity contribution is -0.138. The normalized spacial score (nSPS) is 21.2. The lowest BCUT2D eigenvalue weighted by atomic mass is 9.85. The number of aliphatic imine (C=N–C) groups is 1. The Bertz CT molecular complexity index is 523. The summed E-state index contributed by atoms with van der Waals surface area (Å²) in [4.78, 5) is 22.0. The maximum absolute atomic E-state index is 12.8. The Morgan fingerprint density at radius 1 is 1.17 bits per heavy atom. The van der Waals surface area contributed by atoms with E-state index < -0.39 is 0 Å². The maximum atomic E-state index is 12.8. The predicted octanol–water partition coefficient (Wildman–Crippen LogP) is 1.94. The highest BCUT2D eigenvalue weighted by molar-refractivity contribution is 5.84. The quantitative estimate of drug-likeness (QED) is 0.450. The number of guanidine groups is 1. The van der Waals surface area contributed by atoms with Crippen molar-refractivity contribution in [2.75, 3.05) is 60.0 Å². The minimum Gasteiger partial charge on any atom is -0.379 e. The topological polar surface area (TPSA) is 69.2 Å². The number of carbonyl (C=O) groups is 1. The SMILES string of the molecule is CCNC(=NCC1(C(=O)N(C)C)CCCC1)NCC(CC(C)C)N1CCOCC1. The van der Waals surface area contributed by atoms with E-state index in [1.807, 2.05) is 14.1 Å². The lowest BCUT2D eigenvalue weighted by Crippen LogP contribution is -2.51. The first-order valence-electron chi connectivity index (χ1n) is 11.4. The summed E-state index contributed by atoms with van der Waals surface area (Å²) in [6.07, 6.45) is 5.27. The van der Waals surface area contributed by atoms with Crippen molar-refractivity contribution in [1.82, 2.24) is 20.4 Å². The van der Waals surface area contributed by atoms with Gasteiger partial charge in [-0.25, -0.2) is 0 Å². The first kappa shape index (κ1) is 23.9. The fourth-order valence-corrected chi connectivity index (χ4v) is 4.60. The van der Waals surface area contributed by atoms with Crippen LogP contribution < -0.4 is 10.6 Å². The Hall–Kier alpha value is -1.34. The maximum Gasteiger partial charge on any atom is 0.230 e. The van der Waals surface area contributed by atoms with Gasteiger partial charge in [-0.15, -0.1) is 0 Å². The number of morpholine rings is 1. The fraction of sp³-hybridized carbons (Fsp3) is 0.909. The second kappa shape index (κ2) is 11.7. The van der Waals surface area contributed by atoms with E-state index in [0.29, 0.717) is 18.5 Å². The summed E-state index contributed by atoms with van der Waals surface area (Å²) in [6.45, 7) is 12.5. The standard InChI is InChI=1S/C22H43N5O2/c1-6-23-21(25-17-22(9-7-8-10-22)20(28)26(4)5)24-16-19(15-18(2)3)27-11-13-29-14-12-27/h18-19H,6-17H2,1-5H3,(H2,23,24,25). The zero-order valence-corrected chi connectivity index (χ0v) is 19.3. The van der Waals surface area contributed by atoms with Gasteiger partial charge >= 0.3 is 0 Å². The molecule has 2 N–H and O–H groups in total. The molecular weight excluding hydrogens is 366 g/mol. The van der Waals surface area contributed by atoms with Crippen LogP contribution in [0.3, 0.4) is 0 Å². The third-order valence-corrected chi connectivity index (χ3v) is 6.12. The minimum atomic E-state index is -0.326. The van der Waals surface area contributed by atoms with Crippen molar-refractivity contribution in [3.05, 3.63) is 0 Å². The molecule has 2 aliphatic rings. The average molecular weight is 410 g/mol. The molecule has 2 rings (SSSR count). The molecule has 1 heterocycles. The molecule has 1 amide bonds. The Balaban J connectivity index is 2.03. The first-order chi connectivity index (χ1) is 13.9. The van der Waals surface area contributed by atoms with Crippen LogP contribution in [0.4, 0.5) is 0 Å². The number of rotatable bonds is 9. The predicted molar refractivity (Wildman–Crippen MR) is 119 cm³/mol. The number of ether oxygens (including phenoxy) is 1. The van der Waals surface area contributed by atoms with Crippen LogP contribution in [0, 0.1) is 11.3 Å². The van der Waals surface area contributed by atoms with E-state index in [9.17, 15) is 4.79 Å². The summed E-state index contributed by atoms with van der Waals surface area (Å²) in [5.41, 5.74) is -0.326. The van der Waals surface area contributed by atoms with E-state index in [0.717, 1.165) is 77.5 Å². The van der Waals surface area contributed by atoms with Gasteiger partial charge in [0.2, 0.25) is 5.91 Å². The Kier molecular flexibility index (Phi) is 9.69. The monoisotopic (exact) mass is 409 g/mol. The molecule has 0 radical (unpaired) electrons. The molecule has 1 aliphatic heterocycles. The average Bonchev–Trinajstić information content (AvgIpc) is 3.18. The molecule has 1 aliphatic carbocycles. The molecule has 1 saturated heterocycles. The van der Waals surface area contributed by atoms with Crippen molar-refractivity contribution in [2.24, 2.45) is 16.3 Å². The molecule has 0 spiro atoms. The van der Waals surface area contributed by atoms with Crippen LogP contribution in [-0.4, -0.2) is 87.7 Å². The van der Waals surface area contributed by atoms with Crippen molar-refractivity contribution >= 4 is 11.9 Å². The summed E-state index contributed by atoms with van der Waals surface area (Å²) in [5.74, 6) is 1.69. The van der Waals surface area contributed by atoms with E-state index >= 15 is 0 Å². The van der Waals surface area contributed by atoms with Gasteiger partial charge in [0.1, 0.15) is 0 Å². The zero-order chi connectivity index (χ0) is 21.3. The first-order valence-corrected chi connectivity index (χ1v) is 11.4. The highest BCUT2D eigenvalue weighted by Gasteiger charge is 2.42. The number of nitrogens with one attached hydrogen (secondary N) is 2. The van der Waals surface area contributed by atoms with Gasteiger partial charge in [0.15, 0.2) is 5.96 Å². The highest BCUT2D eigenvalue weighted by Crippen LogP contribution is 2.39. The summed E-state index contributed by atoms with van der Waals surface area (Å²) in [6, 6.07) is 0.464. The third kappa shape index (κ3) is 7.14. The zero-order valence-electron chi connectivity index (χ0n) is 19.3. The number of hydrogen-bond acceptors (Lipinski definition) is 4. The smallest absolute Gasteiger partial charge is 0.230 e. The van der Waals surface area contributed by atoms with Crippen LogP contribution in [0.2, 0.25) is 0 Å². The molecule has 0 aromatic carbocycles. The van der Waals surface area contributed by atoms with Gasteiger partial charge in [0.05, 0.1) is 25.2 Å². The van der Waals surface area contributed by atoms with E-state index in [1.54, 1.807) is 4.90 Å². The highest BCUT2D eigenvalue weighted by atomic mass is 16.5. The molecule has 0 aromatic heterocycles. The van der Waals surface area contributed by atoms with E-state index in [4.69, 9.17) is 9.73 Å². The second-order valence-corrected chi connectivity index (χ2v) is 9.19. The largest absolute Gasteiger partial charge is 0.379 e. The van der Waals surface area contributed by atoms with Gasteiger partial charge in [-0.05, 0) is 32.1 Å². The van der Waals surface area contributed by atoms with Crippen LogP contribution >= 0.6 is 0 Å². The molecule has 168 valence electrons. The summed E-state index contributed by atoms with van der Waals surface area (Å²) in [5, 5.41) is 6.94. The molecule has 1 unspecified atom stereocenters. The van der Waals surface area contributed by atoms with Crippen molar-refractivity contribution in [2.45, 2.75) is 58.9 Å². The van der Waals surface area contributed by atoms with E-state index in [-0.39, 0.29) is 11.3 Å². The number of hydrogen-bond donors (Lipinski definition) is 2. The molecule has 0 aromatic rings. The van der Waals surface area contributed by atoms with Crippen molar-refractivity contribution in [3.8, 4) is 0 Å². The Morgan fingerprint density at radius 3 is 2.38 bits per heavy atom. The Morgan fingerprint density at radius 2 is 1.83 bits per heavy atom. The molecule has 7 nitrogen and oxygen atoms in total. The number of carbonyl (C=O) groups excluding carboxylic acids is 1. The third-order valence-electron chi connectivity index (χ3n) is 6.12. The van der Waals surface area contributed by atoms with Crippen molar-refractivity contribution < 1.29 is 9.53 Å². The lowest BCUT2D eigenvalue weighted by Gasteiger charge is -2.36. The van der Waals surface area contributed by atoms with Gasteiger partial charge in [0.25, 0.3) is 0 Å². The fourth-order valence-electron chi connectivity index (χ4n) is 4.60. The van der Waals surface area contributed by atoms with Gasteiger partial charge in [-0.1, -0.05) is 26.7 Å². The summed E-state index contributed by atoms with van der Waals surface area (Å²) in [7, 11) is 3.71. The van der Waals surface area contributed by atoms with Gasteiger partial charge < -0.3 is 20.3 Å². The molecule has 1 atom stereocenters. The second-order valence-electron chi connectivity index (χ2n) is 9.19. The van der Waals surface area contributed by atoms with Crippen molar-refractivity contribution in [3.63, 3.8) is 0 Å². The molecule has 29 heavy (non-hydrogen) atoms. The van der Waals surface area contributed by atoms with E-state index in [1.165, 1.54) is 0 Å². The van der Waals surface area contributed by atoms with Gasteiger partial charge in [-0.2, -0.15) is 0 Å². The molecule has 1 saturated carbocycles. The van der Waals surface area contributed by atoms with Crippen LogP contribution in [0.25, 0.3) is 0 Å². The van der Waals surface area contributed by atoms with Crippen LogP contribution in [0.1, 0.15) is 52.9 Å². The van der Waals surface area contributed by atoms with Crippen molar-refractivity contribution in [1.29, 1.82) is 0 Å². The number of nitrogens with zero attached hydrogens (tertiary/aromatic N) is 3. The van der Waals surface area contributed by atoms with Crippen LogP contribution in [0.15, 0.2) is 4.99 Å². The van der Waals surface area contributed by atoms with Crippen LogP contribution in [-0.2, 0) is 9.53 Å². The molecule has 2 fully saturated rings. The van der Waals surface area contributed by atoms with Gasteiger partial charge in [0, 0.05) is 46.3 Å². The summed E-state index contributed by atoms with van der Waals surface area (Å²) < 4.78 is 5.53. The summed E-state index contributed by atoms with van der Waals surface area (Å²) >= 11 is 0. The van der Waals surface area contributed by atoms with Crippen LogP contribution in [0.5, 0.6) is 0 Å². The molecule has 7 heteroatoms. The number of amides is 1. The Labute approximate surface area is 177 Å². The van der Waals surface area contributed by atoms with E-state index in [2.05, 4.69) is 36.3 Å².